The number of rotatable bonds is 2. The van der Waals surface area contributed by atoms with Crippen molar-refractivity contribution in [3.05, 3.63) is 48.8 Å². The third kappa shape index (κ3) is 3.62. The van der Waals surface area contributed by atoms with E-state index >= 15 is 0 Å². The van der Waals surface area contributed by atoms with Crippen molar-refractivity contribution in [1.29, 1.82) is 0 Å². The summed E-state index contributed by atoms with van der Waals surface area (Å²) in [6.45, 7) is 0. The van der Waals surface area contributed by atoms with Gasteiger partial charge in [0.15, 0.2) is 0 Å². The van der Waals surface area contributed by atoms with Crippen LogP contribution in [-0.2, 0) is 10.1 Å². The second kappa shape index (κ2) is 5.75. The maximum atomic E-state index is 10.8. The van der Waals surface area contributed by atoms with Crippen molar-refractivity contribution in [3.63, 3.8) is 0 Å². The predicted molar refractivity (Wildman–Crippen MR) is 60.6 cm³/mol. The van der Waals surface area contributed by atoms with Crippen LogP contribution in [0.4, 0.5) is 0 Å². The van der Waals surface area contributed by atoms with Crippen LogP contribution in [0.25, 0.3) is 11.1 Å². The molecular formula is C11H10NNaO3S. The molecule has 0 amide bonds. The van der Waals surface area contributed by atoms with E-state index in [1.807, 2.05) is 6.07 Å². The fourth-order valence-corrected chi connectivity index (χ4v) is 1.83. The number of hydrogen-bond acceptors (Lipinski definition) is 3. The Hall–Kier alpha value is -0.720. The molecule has 0 unspecified atom stereocenters. The first-order chi connectivity index (χ1) is 7.57. The molecule has 0 aliphatic carbocycles. The fourth-order valence-electron chi connectivity index (χ4n) is 1.35. The van der Waals surface area contributed by atoms with Crippen molar-refractivity contribution < 1.29 is 44.0 Å². The first kappa shape index (κ1) is 14.3. The van der Waals surface area contributed by atoms with Crippen LogP contribution in [0.1, 0.15) is 1.43 Å². The molecule has 2 aromatic rings. The van der Waals surface area contributed by atoms with Gasteiger partial charge < -0.3 is 1.43 Å². The summed E-state index contributed by atoms with van der Waals surface area (Å²) < 4.78 is 30.5. The van der Waals surface area contributed by atoms with Crippen LogP contribution in [0, 0.1) is 0 Å². The van der Waals surface area contributed by atoms with Crippen LogP contribution in [0.5, 0.6) is 0 Å². The van der Waals surface area contributed by atoms with Crippen molar-refractivity contribution in [3.8, 4) is 11.1 Å². The molecule has 0 fully saturated rings. The average Bonchev–Trinajstić information content (AvgIpc) is 2.29. The molecule has 0 aliphatic rings. The quantitative estimate of drug-likeness (QED) is 0.561. The molecule has 0 radical (unpaired) electrons. The van der Waals surface area contributed by atoms with E-state index < -0.39 is 10.1 Å². The van der Waals surface area contributed by atoms with Gasteiger partial charge in [-0.25, -0.2) is 0 Å². The minimum Gasteiger partial charge on any atom is -1.00 e. The number of aromatic nitrogens is 1. The molecule has 0 saturated heterocycles. The van der Waals surface area contributed by atoms with Crippen LogP contribution in [0.2, 0.25) is 0 Å². The predicted octanol–water partition coefficient (Wildman–Crippen LogP) is -0.888. The minimum atomic E-state index is -4.12. The van der Waals surface area contributed by atoms with Crippen LogP contribution in [0.15, 0.2) is 53.7 Å². The van der Waals surface area contributed by atoms with Gasteiger partial charge in [-0.15, -0.1) is 0 Å². The molecule has 6 heteroatoms. The summed E-state index contributed by atoms with van der Waals surface area (Å²) in [5, 5.41) is 0. The molecule has 17 heavy (non-hydrogen) atoms. The molecule has 0 atom stereocenters. The fraction of sp³-hybridized carbons (Fsp3) is 0. The van der Waals surface area contributed by atoms with Crippen LogP contribution >= 0.6 is 0 Å². The van der Waals surface area contributed by atoms with E-state index in [1.54, 1.807) is 30.6 Å². The second-order valence-corrected chi connectivity index (χ2v) is 4.66. The van der Waals surface area contributed by atoms with Crippen molar-refractivity contribution in [2.75, 3.05) is 0 Å². The van der Waals surface area contributed by atoms with E-state index in [1.165, 1.54) is 12.1 Å². The van der Waals surface area contributed by atoms with Gasteiger partial charge in [0.05, 0.1) is 4.90 Å². The monoisotopic (exact) mass is 259 g/mol. The van der Waals surface area contributed by atoms with E-state index in [4.69, 9.17) is 4.55 Å². The summed E-state index contributed by atoms with van der Waals surface area (Å²) in [7, 11) is -4.12. The molecule has 1 aromatic heterocycles. The molecule has 1 N–H and O–H groups in total. The molecule has 1 aromatic carbocycles. The van der Waals surface area contributed by atoms with Crippen LogP contribution < -0.4 is 29.6 Å². The molecule has 0 saturated carbocycles. The van der Waals surface area contributed by atoms with Crippen molar-refractivity contribution in [2.24, 2.45) is 0 Å². The molecular weight excluding hydrogens is 249 g/mol. The van der Waals surface area contributed by atoms with Gasteiger partial charge in [0.25, 0.3) is 10.1 Å². The molecule has 2 rings (SSSR count). The number of benzene rings is 1. The Morgan fingerprint density at radius 3 is 2.18 bits per heavy atom. The van der Waals surface area contributed by atoms with Gasteiger partial charge in [0.2, 0.25) is 0 Å². The normalized spacial score (nSPS) is 10.6. The maximum absolute atomic E-state index is 10.8. The van der Waals surface area contributed by atoms with Gasteiger partial charge in [0.1, 0.15) is 0 Å². The first-order valence-corrected chi connectivity index (χ1v) is 5.99. The Morgan fingerprint density at radius 2 is 1.71 bits per heavy atom. The summed E-state index contributed by atoms with van der Waals surface area (Å²) >= 11 is 0. The molecule has 0 spiro atoms. The van der Waals surface area contributed by atoms with Crippen molar-refractivity contribution >= 4 is 10.1 Å². The third-order valence-corrected chi connectivity index (χ3v) is 3.01. The van der Waals surface area contributed by atoms with E-state index in [-0.39, 0.29) is 35.9 Å². The summed E-state index contributed by atoms with van der Waals surface area (Å²) in [5.41, 5.74) is 1.74. The summed E-state index contributed by atoms with van der Waals surface area (Å²) in [5.74, 6) is 0. The number of pyridine rings is 1. The van der Waals surface area contributed by atoms with Gasteiger partial charge in [0, 0.05) is 12.4 Å². The first-order valence-electron chi connectivity index (χ1n) is 4.55. The minimum absolute atomic E-state index is 0. The van der Waals surface area contributed by atoms with E-state index in [2.05, 4.69) is 4.98 Å². The van der Waals surface area contributed by atoms with Gasteiger partial charge in [-0.05, 0) is 29.3 Å². The smallest absolute Gasteiger partial charge is 1.00 e. The summed E-state index contributed by atoms with van der Waals surface area (Å²) in [4.78, 5) is 3.85. The summed E-state index contributed by atoms with van der Waals surface area (Å²) in [6, 6.07) is 9.64. The number of hydrogen-bond donors (Lipinski definition) is 1. The van der Waals surface area contributed by atoms with Gasteiger partial charge >= 0.3 is 29.6 Å². The molecule has 84 valence electrons. The number of nitrogens with zero attached hydrogens (tertiary/aromatic N) is 1. The Labute approximate surface area is 123 Å². The Kier molecular flexibility index (Phi) is 4.85. The van der Waals surface area contributed by atoms with Crippen molar-refractivity contribution in [1.82, 2.24) is 4.98 Å². The van der Waals surface area contributed by atoms with Crippen molar-refractivity contribution in [2.45, 2.75) is 4.90 Å². The average molecular weight is 259 g/mol. The van der Waals surface area contributed by atoms with E-state index in [0.29, 0.717) is 0 Å². The maximum Gasteiger partial charge on any atom is 1.00 e. The zero-order valence-corrected chi connectivity index (χ0v) is 12.1. The molecule has 4 nitrogen and oxygen atoms in total. The van der Waals surface area contributed by atoms with Crippen LogP contribution in [-0.4, -0.2) is 18.0 Å². The van der Waals surface area contributed by atoms with Gasteiger partial charge in [-0.3, -0.25) is 9.54 Å². The Morgan fingerprint density at radius 1 is 1.06 bits per heavy atom. The van der Waals surface area contributed by atoms with E-state index in [0.717, 1.165) is 11.1 Å². The SMILES string of the molecule is O=S(=O)(O)c1ccc(-c2cccnc2)cc1.[H-].[Na+]. The van der Waals surface area contributed by atoms with Crippen LogP contribution in [0.3, 0.4) is 0 Å². The molecule has 0 bridgehead atoms. The van der Waals surface area contributed by atoms with E-state index in [9.17, 15) is 8.42 Å². The zero-order chi connectivity index (χ0) is 11.6. The van der Waals surface area contributed by atoms with Gasteiger partial charge in [-0.1, -0.05) is 18.2 Å². The Bertz CT molecular complexity index is 587. The van der Waals surface area contributed by atoms with Gasteiger partial charge in [-0.2, -0.15) is 8.42 Å². The molecule has 0 aliphatic heterocycles. The largest absolute Gasteiger partial charge is 1.00 e. The topological polar surface area (TPSA) is 67.3 Å². The zero-order valence-electron chi connectivity index (χ0n) is 10.2. The second-order valence-electron chi connectivity index (χ2n) is 3.24. The Balaban J connectivity index is 0.00000144. The summed E-state index contributed by atoms with van der Waals surface area (Å²) in [6.07, 6.45) is 3.35. The standard InChI is InChI=1S/C11H9NO3S.Na.H/c13-16(14,15)11-5-3-9(4-6-11)10-2-1-7-12-8-10;;/h1-8H,(H,13,14,15);;/q;+1;-1. The third-order valence-electron chi connectivity index (χ3n) is 2.15. The molecule has 1 heterocycles.